The van der Waals surface area contributed by atoms with Crippen molar-refractivity contribution in [1.29, 1.82) is 0 Å². The summed E-state index contributed by atoms with van der Waals surface area (Å²) in [5, 5.41) is 8.60. The van der Waals surface area contributed by atoms with Crippen LogP contribution in [0.25, 0.3) is 0 Å². The molecule has 0 amide bonds. The zero-order valence-corrected chi connectivity index (χ0v) is 12.1. The van der Waals surface area contributed by atoms with Gasteiger partial charge in [0.25, 0.3) is 0 Å². The van der Waals surface area contributed by atoms with Gasteiger partial charge in [0.05, 0.1) is 16.8 Å². The lowest BCUT2D eigenvalue weighted by Crippen LogP contribution is -2.40. The number of hydrogen-bond donors (Lipinski definition) is 1. The summed E-state index contributed by atoms with van der Waals surface area (Å²) in [5.74, 6) is 0. The minimum absolute atomic E-state index is 0.134. The van der Waals surface area contributed by atoms with Gasteiger partial charge in [-0.2, -0.15) is 0 Å². The Balaban J connectivity index is 2.07. The number of likely N-dealkylation sites (tertiary alicyclic amines) is 1. The first-order valence-electron chi connectivity index (χ1n) is 6.68. The lowest BCUT2D eigenvalue weighted by molar-refractivity contribution is 0.174. The highest BCUT2D eigenvalue weighted by molar-refractivity contribution is 7.92. The number of aliphatic hydroxyl groups is 1. The van der Waals surface area contributed by atoms with Gasteiger partial charge in [-0.25, -0.2) is 8.42 Å². The van der Waals surface area contributed by atoms with Crippen molar-refractivity contribution < 1.29 is 13.5 Å². The smallest absolute Gasteiger partial charge is 0.181 e. The molecule has 1 N–H and O–H groups in total. The molecule has 0 atom stereocenters. The molecular formula is C14H21NO3S. The van der Waals surface area contributed by atoms with Crippen molar-refractivity contribution in [2.24, 2.45) is 0 Å². The maximum atomic E-state index is 12.5. The Morgan fingerprint density at radius 2 is 1.79 bits per heavy atom. The molecular weight excluding hydrogens is 262 g/mol. The lowest BCUT2D eigenvalue weighted by Gasteiger charge is -2.31. The Labute approximate surface area is 115 Å². The van der Waals surface area contributed by atoms with E-state index in [0.717, 1.165) is 18.7 Å². The Hall–Kier alpha value is -0.910. The van der Waals surface area contributed by atoms with Gasteiger partial charge in [0.15, 0.2) is 9.84 Å². The quantitative estimate of drug-likeness (QED) is 0.903. The third-order valence-electron chi connectivity index (χ3n) is 3.74. The van der Waals surface area contributed by atoms with Crippen LogP contribution in [0, 0.1) is 6.92 Å². The van der Waals surface area contributed by atoms with Gasteiger partial charge in [-0.3, -0.25) is 0 Å². The van der Waals surface area contributed by atoms with Gasteiger partial charge < -0.3 is 10.0 Å². The second-order valence-corrected chi connectivity index (χ2v) is 7.35. The van der Waals surface area contributed by atoms with E-state index in [2.05, 4.69) is 4.90 Å². The van der Waals surface area contributed by atoms with Gasteiger partial charge >= 0.3 is 0 Å². The van der Waals surface area contributed by atoms with Crippen molar-refractivity contribution >= 4 is 9.84 Å². The van der Waals surface area contributed by atoms with Crippen LogP contribution in [0.15, 0.2) is 29.2 Å². The first-order chi connectivity index (χ1) is 9.04. The number of aryl methyl sites for hydroxylation is 1. The molecule has 106 valence electrons. The van der Waals surface area contributed by atoms with Crippen molar-refractivity contribution in [3.63, 3.8) is 0 Å². The molecule has 1 heterocycles. The number of β-amino-alcohol motifs (C(OH)–C–C–N with tert-alkyl or cyclic N) is 1. The van der Waals surface area contributed by atoms with Crippen molar-refractivity contribution in [2.45, 2.75) is 29.9 Å². The highest BCUT2D eigenvalue weighted by Gasteiger charge is 2.30. The van der Waals surface area contributed by atoms with Crippen LogP contribution >= 0.6 is 0 Å². The number of sulfone groups is 1. The van der Waals surface area contributed by atoms with Gasteiger partial charge in [-0.1, -0.05) is 17.7 Å². The molecule has 1 aromatic carbocycles. The molecule has 0 aromatic heterocycles. The lowest BCUT2D eigenvalue weighted by atomic mass is 10.1. The average molecular weight is 283 g/mol. The van der Waals surface area contributed by atoms with E-state index < -0.39 is 9.84 Å². The zero-order chi connectivity index (χ0) is 13.9. The molecule has 0 spiro atoms. The molecule has 4 nitrogen and oxygen atoms in total. The maximum Gasteiger partial charge on any atom is 0.181 e. The first kappa shape index (κ1) is 14.5. The van der Waals surface area contributed by atoms with Crippen LogP contribution < -0.4 is 0 Å². The molecule has 0 aliphatic carbocycles. The molecule has 1 fully saturated rings. The molecule has 19 heavy (non-hydrogen) atoms. The fourth-order valence-corrected chi connectivity index (χ4v) is 4.24. The van der Waals surface area contributed by atoms with Gasteiger partial charge in [0.2, 0.25) is 0 Å². The summed E-state index contributed by atoms with van der Waals surface area (Å²) in [6.07, 6.45) is 1.30. The number of hydrogen-bond acceptors (Lipinski definition) is 4. The highest BCUT2D eigenvalue weighted by Crippen LogP contribution is 2.24. The molecule has 1 aliphatic rings. The Morgan fingerprint density at radius 1 is 1.21 bits per heavy atom. The van der Waals surface area contributed by atoms with E-state index in [1.165, 1.54) is 0 Å². The van der Waals surface area contributed by atoms with E-state index in [-0.39, 0.29) is 11.9 Å². The maximum absolute atomic E-state index is 12.5. The minimum atomic E-state index is -3.21. The highest BCUT2D eigenvalue weighted by atomic mass is 32.2. The van der Waals surface area contributed by atoms with Crippen LogP contribution in [-0.2, 0) is 9.84 Å². The summed E-state index contributed by atoms with van der Waals surface area (Å²) in [7, 11) is -3.21. The molecule has 1 saturated heterocycles. The normalized spacial score (nSPS) is 18.6. The minimum Gasteiger partial charge on any atom is -0.395 e. The Morgan fingerprint density at radius 3 is 2.32 bits per heavy atom. The van der Waals surface area contributed by atoms with Crippen LogP contribution in [-0.4, -0.2) is 49.9 Å². The molecule has 0 bridgehead atoms. The molecule has 0 unspecified atom stereocenters. The van der Waals surface area contributed by atoms with Gasteiger partial charge in [-0.05, 0) is 45.0 Å². The van der Waals surface area contributed by atoms with Crippen molar-refractivity contribution in [1.82, 2.24) is 4.90 Å². The van der Waals surface area contributed by atoms with Crippen molar-refractivity contribution in [3.8, 4) is 0 Å². The predicted molar refractivity (Wildman–Crippen MR) is 74.9 cm³/mol. The third-order valence-corrected chi connectivity index (χ3v) is 6.02. The fourth-order valence-electron chi connectivity index (χ4n) is 2.51. The van der Waals surface area contributed by atoms with Gasteiger partial charge in [-0.15, -0.1) is 0 Å². The zero-order valence-electron chi connectivity index (χ0n) is 11.2. The number of aliphatic hydroxyl groups excluding tert-OH is 1. The van der Waals surface area contributed by atoms with E-state index in [4.69, 9.17) is 5.11 Å². The summed E-state index contributed by atoms with van der Waals surface area (Å²) < 4.78 is 25.0. The number of benzene rings is 1. The van der Waals surface area contributed by atoms with Gasteiger partial charge in [0, 0.05) is 6.54 Å². The predicted octanol–water partition coefficient (Wildman–Crippen LogP) is 1.23. The summed E-state index contributed by atoms with van der Waals surface area (Å²) in [4.78, 5) is 2.54. The summed E-state index contributed by atoms with van der Waals surface area (Å²) in [6.45, 7) is 4.21. The van der Waals surface area contributed by atoms with Crippen LogP contribution in [0.5, 0.6) is 0 Å². The standard InChI is InChI=1S/C14H21NO3S/c1-12-2-4-13(5-3-12)19(17,18)14-6-8-15(9-7-14)10-11-16/h2-5,14,16H,6-11H2,1H3. The largest absolute Gasteiger partial charge is 0.395 e. The summed E-state index contributed by atoms with van der Waals surface area (Å²) in [5.41, 5.74) is 1.07. The third kappa shape index (κ3) is 3.35. The van der Waals surface area contributed by atoms with Gasteiger partial charge in [0.1, 0.15) is 0 Å². The molecule has 1 aliphatic heterocycles. The Kier molecular flexibility index (Phi) is 4.60. The van der Waals surface area contributed by atoms with Crippen molar-refractivity contribution in [2.75, 3.05) is 26.2 Å². The Bertz CT molecular complexity index is 502. The van der Waals surface area contributed by atoms with Crippen LogP contribution in [0.1, 0.15) is 18.4 Å². The molecule has 2 rings (SSSR count). The van der Waals surface area contributed by atoms with Crippen LogP contribution in [0.4, 0.5) is 0 Å². The van der Waals surface area contributed by atoms with E-state index in [9.17, 15) is 8.42 Å². The monoisotopic (exact) mass is 283 g/mol. The number of piperidine rings is 1. The molecule has 0 saturated carbocycles. The second kappa shape index (κ2) is 6.03. The molecule has 5 heteroatoms. The summed E-state index contributed by atoms with van der Waals surface area (Å²) in [6, 6.07) is 7.08. The van der Waals surface area contributed by atoms with E-state index in [1.54, 1.807) is 12.1 Å². The molecule has 1 aromatic rings. The van der Waals surface area contributed by atoms with Crippen LogP contribution in [0.3, 0.4) is 0 Å². The topological polar surface area (TPSA) is 57.6 Å². The average Bonchev–Trinajstić information content (AvgIpc) is 2.40. The van der Waals surface area contributed by atoms with E-state index in [0.29, 0.717) is 24.3 Å². The summed E-state index contributed by atoms with van der Waals surface area (Å²) >= 11 is 0. The van der Waals surface area contributed by atoms with Crippen LogP contribution in [0.2, 0.25) is 0 Å². The SMILES string of the molecule is Cc1ccc(S(=O)(=O)C2CCN(CCO)CC2)cc1. The fraction of sp³-hybridized carbons (Fsp3) is 0.571. The number of rotatable bonds is 4. The number of nitrogens with zero attached hydrogens (tertiary/aromatic N) is 1. The second-order valence-electron chi connectivity index (χ2n) is 5.12. The van der Waals surface area contributed by atoms with Crippen molar-refractivity contribution in [3.05, 3.63) is 29.8 Å². The first-order valence-corrected chi connectivity index (χ1v) is 8.22. The molecule has 0 radical (unpaired) electrons. The van der Waals surface area contributed by atoms with E-state index in [1.807, 2.05) is 19.1 Å². The van der Waals surface area contributed by atoms with E-state index >= 15 is 0 Å².